The first kappa shape index (κ1) is 18.0. The molecule has 8 nitrogen and oxygen atoms in total. The van der Waals surface area contributed by atoms with E-state index in [0.717, 1.165) is 18.5 Å². The number of aromatic nitrogens is 5. The average molecular weight is 396 g/mol. The Kier molecular flexibility index (Phi) is 4.20. The minimum atomic E-state index is -1.10. The van der Waals surface area contributed by atoms with Gasteiger partial charge in [0.2, 0.25) is 0 Å². The molecule has 0 saturated carbocycles. The minimum Gasteiger partial charge on any atom is -0.507 e. The number of halogens is 1. The predicted octanol–water partition coefficient (Wildman–Crippen LogP) is 2.43. The number of imidazole rings is 1. The minimum absolute atomic E-state index is 0.0424. The molecule has 2 bridgehead atoms. The van der Waals surface area contributed by atoms with Gasteiger partial charge in [-0.1, -0.05) is 5.10 Å². The lowest BCUT2D eigenvalue weighted by atomic mass is 9.90. The number of phenolic OH excluding ortho intramolecular Hbond substituents is 1. The molecule has 2 aliphatic heterocycles. The smallest absolute Gasteiger partial charge is 0.336 e. The van der Waals surface area contributed by atoms with E-state index < -0.39 is 12.3 Å². The highest BCUT2D eigenvalue weighted by atomic mass is 19.1. The molecule has 0 radical (unpaired) electrons. The van der Waals surface area contributed by atoms with Crippen LogP contribution in [0, 0.1) is 0 Å². The fraction of sp³-hybridized carbons (Fsp3) is 0.400. The Morgan fingerprint density at radius 1 is 1.34 bits per heavy atom. The quantitative estimate of drug-likeness (QED) is 0.699. The van der Waals surface area contributed by atoms with Gasteiger partial charge in [-0.3, -0.25) is 0 Å². The lowest BCUT2D eigenvalue weighted by Crippen LogP contribution is -2.57. The van der Waals surface area contributed by atoms with Crippen LogP contribution in [-0.2, 0) is 0 Å². The number of aromatic hydroxyl groups is 1. The fourth-order valence-electron chi connectivity index (χ4n) is 4.27. The lowest BCUT2D eigenvalue weighted by molar-refractivity contribution is 0.0203. The first-order valence-electron chi connectivity index (χ1n) is 9.61. The van der Waals surface area contributed by atoms with E-state index in [9.17, 15) is 9.50 Å². The van der Waals surface area contributed by atoms with Crippen molar-refractivity contribution in [3.8, 4) is 28.7 Å². The van der Waals surface area contributed by atoms with E-state index in [0.29, 0.717) is 17.7 Å². The first-order chi connectivity index (χ1) is 14.0. The van der Waals surface area contributed by atoms with Gasteiger partial charge in [0.15, 0.2) is 6.17 Å². The summed E-state index contributed by atoms with van der Waals surface area (Å²) >= 11 is 0. The SMILES string of the molecule is C[C@@]12CC[C@@H](N1)[C@@H](F)[C@@H](Oc1ncc(-c3ccc(-n4ccnc4)cc3O)nn1)C2. The van der Waals surface area contributed by atoms with Crippen LogP contribution < -0.4 is 10.1 Å². The van der Waals surface area contributed by atoms with Crippen LogP contribution in [0.4, 0.5) is 4.39 Å². The van der Waals surface area contributed by atoms with Crippen molar-refractivity contribution in [1.82, 2.24) is 30.0 Å². The maximum atomic E-state index is 14.6. The summed E-state index contributed by atoms with van der Waals surface area (Å²) in [5.41, 5.74) is 1.57. The highest BCUT2D eigenvalue weighted by Crippen LogP contribution is 2.38. The Labute approximate surface area is 166 Å². The number of ether oxygens (including phenoxy) is 1. The first-order valence-corrected chi connectivity index (χ1v) is 9.61. The molecule has 2 N–H and O–H groups in total. The van der Waals surface area contributed by atoms with Gasteiger partial charge in [-0.15, -0.1) is 5.10 Å². The van der Waals surface area contributed by atoms with Crippen LogP contribution in [0.1, 0.15) is 26.2 Å². The van der Waals surface area contributed by atoms with Gasteiger partial charge in [-0.2, -0.15) is 0 Å². The van der Waals surface area contributed by atoms with E-state index in [2.05, 4.69) is 32.4 Å². The van der Waals surface area contributed by atoms with Crippen molar-refractivity contribution in [2.45, 2.75) is 50.0 Å². The number of nitrogens with zero attached hydrogens (tertiary/aromatic N) is 5. The summed E-state index contributed by atoms with van der Waals surface area (Å²) in [6.07, 6.45) is 7.17. The molecule has 4 atom stereocenters. The van der Waals surface area contributed by atoms with Gasteiger partial charge in [0.1, 0.15) is 17.5 Å². The Bertz CT molecular complexity index is 1010. The summed E-state index contributed by atoms with van der Waals surface area (Å²) in [7, 11) is 0. The van der Waals surface area contributed by atoms with Crippen molar-refractivity contribution in [2.24, 2.45) is 0 Å². The normalized spacial score (nSPS) is 28.4. The van der Waals surface area contributed by atoms with E-state index >= 15 is 0 Å². The molecule has 0 spiro atoms. The molecule has 9 heteroatoms. The van der Waals surface area contributed by atoms with Gasteiger partial charge < -0.3 is 19.7 Å². The number of alkyl halides is 1. The zero-order valence-corrected chi connectivity index (χ0v) is 15.9. The number of phenols is 1. The number of fused-ring (bicyclic) bond motifs is 2. The van der Waals surface area contributed by atoms with Crippen LogP contribution in [0.5, 0.6) is 11.8 Å². The van der Waals surface area contributed by atoms with Crippen molar-refractivity contribution in [3.05, 3.63) is 43.1 Å². The molecule has 2 fully saturated rings. The van der Waals surface area contributed by atoms with Crippen molar-refractivity contribution in [2.75, 3.05) is 0 Å². The van der Waals surface area contributed by atoms with E-state index in [-0.39, 0.29) is 23.3 Å². The summed E-state index contributed by atoms with van der Waals surface area (Å²) in [4.78, 5) is 8.17. The van der Waals surface area contributed by atoms with E-state index in [1.54, 1.807) is 35.4 Å². The van der Waals surface area contributed by atoms with E-state index in [1.807, 2.05) is 6.07 Å². The highest BCUT2D eigenvalue weighted by Gasteiger charge is 2.49. The van der Waals surface area contributed by atoms with Crippen LogP contribution in [0.2, 0.25) is 0 Å². The molecule has 0 amide bonds. The molecule has 0 unspecified atom stereocenters. The van der Waals surface area contributed by atoms with E-state index in [1.165, 1.54) is 6.20 Å². The molecule has 1 aromatic carbocycles. The summed E-state index contributed by atoms with van der Waals surface area (Å²) in [5, 5.41) is 21.8. The van der Waals surface area contributed by atoms with Gasteiger partial charge in [-0.05, 0) is 31.9 Å². The topological polar surface area (TPSA) is 98.0 Å². The molecule has 29 heavy (non-hydrogen) atoms. The highest BCUT2D eigenvalue weighted by molar-refractivity contribution is 5.67. The average Bonchev–Trinajstić information content (AvgIpc) is 3.36. The summed E-state index contributed by atoms with van der Waals surface area (Å²) < 4.78 is 22.2. The maximum absolute atomic E-state index is 14.6. The van der Waals surface area contributed by atoms with E-state index in [4.69, 9.17) is 4.74 Å². The third-order valence-electron chi connectivity index (χ3n) is 5.79. The zero-order chi connectivity index (χ0) is 20.0. The van der Waals surface area contributed by atoms with Gasteiger partial charge in [0.05, 0.1) is 18.2 Å². The molecular formula is C20H21FN6O2. The summed E-state index contributed by atoms with van der Waals surface area (Å²) in [5.74, 6) is 0.0487. The van der Waals surface area contributed by atoms with Crippen LogP contribution >= 0.6 is 0 Å². The van der Waals surface area contributed by atoms with Crippen molar-refractivity contribution in [3.63, 3.8) is 0 Å². The zero-order valence-electron chi connectivity index (χ0n) is 15.9. The molecular weight excluding hydrogens is 375 g/mol. The fourth-order valence-corrected chi connectivity index (χ4v) is 4.27. The number of piperidine rings is 1. The van der Waals surface area contributed by atoms with Crippen LogP contribution in [0.3, 0.4) is 0 Å². The molecule has 2 aliphatic rings. The van der Waals surface area contributed by atoms with Crippen molar-refractivity contribution >= 4 is 0 Å². The Morgan fingerprint density at radius 2 is 2.24 bits per heavy atom. The molecule has 5 rings (SSSR count). The Morgan fingerprint density at radius 3 is 2.97 bits per heavy atom. The number of rotatable bonds is 4. The van der Waals surface area contributed by atoms with Gasteiger partial charge in [-0.25, -0.2) is 14.4 Å². The maximum Gasteiger partial charge on any atom is 0.336 e. The molecule has 2 aromatic heterocycles. The molecule has 2 saturated heterocycles. The Balaban J connectivity index is 1.33. The molecule has 0 aliphatic carbocycles. The summed E-state index contributed by atoms with van der Waals surface area (Å²) in [6.45, 7) is 2.09. The second-order valence-corrected chi connectivity index (χ2v) is 7.95. The summed E-state index contributed by atoms with van der Waals surface area (Å²) in [6, 6.07) is 5.04. The second kappa shape index (κ2) is 6.77. The number of hydrogen-bond acceptors (Lipinski definition) is 7. The van der Waals surface area contributed by atoms with Gasteiger partial charge >= 0.3 is 6.01 Å². The van der Waals surface area contributed by atoms with Crippen molar-refractivity contribution in [1.29, 1.82) is 0 Å². The number of nitrogens with one attached hydrogen (secondary N) is 1. The van der Waals surface area contributed by atoms with Gasteiger partial charge in [0.25, 0.3) is 0 Å². The van der Waals surface area contributed by atoms with Crippen LogP contribution in [0.15, 0.2) is 43.1 Å². The standard InChI is InChI=1S/C20H21FN6O2/c1-20-5-4-14(24-20)18(21)17(9-20)29-19-23-10-15(25-26-19)13-3-2-12(8-16(13)28)27-7-6-22-11-27/h2-3,6-8,10-11,14,17-18,24,28H,4-5,9H2,1H3/t14-,17+,18-,20+/m1/s1. The predicted molar refractivity (Wildman–Crippen MR) is 103 cm³/mol. The van der Waals surface area contributed by atoms with Gasteiger partial charge in [0, 0.05) is 42.0 Å². The third-order valence-corrected chi connectivity index (χ3v) is 5.79. The lowest BCUT2D eigenvalue weighted by Gasteiger charge is -2.38. The molecule has 150 valence electrons. The third kappa shape index (κ3) is 3.31. The van der Waals surface area contributed by atoms with Crippen molar-refractivity contribution < 1.29 is 14.2 Å². The monoisotopic (exact) mass is 396 g/mol. The van der Waals surface area contributed by atoms with Crippen LogP contribution in [0.25, 0.3) is 16.9 Å². The molecule has 4 heterocycles. The largest absolute Gasteiger partial charge is 0.507 e. The number of benzene rings is 1. The molecule has 3 aromatic rings. The Hall–Kier alpha value is -3.07. The van der Waals surface area contributed by atoms with Crippen LogP contribution in [-0.4, -0.2) is 53.7 Å². The second-order valence-electron chi connectivity index (χ2n) is 7.95. The number of hydrogen-bond donors (Lipinski definition) is 2.